The Balaban J connectivity index is 2.07. The maximum absolute atomic E-state index is 14.0. The molecule has 7 nitrogen and oxygen atoms in total. The number of rotatable bonds is 11. The Bertz CT molecular complexity index is 1380. The summed E-state index contributed by atoms with van der Waals surface area (Å²) in [6.07, 6.45) is 1.38. The lowest BCUT2D eigenvalue weighted by atomic mass is 10.0. The van der Waals surface area contributed by atoms with Crippen LogP contribution in [0.15, 0.2) is 77.3 Å². The van der Waals surface area contributed by atoms with E-state index in [1.165, 1.54) is 4.90 Å². The Hall–Kier alpha value is -3.17. The number of carbonyl (C=O) groups excluding carboxylic acids is 2. The molecule has 0 unspecified atom stereocenters. The van der Waals surface area contributed by atoms with Gasteiger partial charge in [-0.25, -0.2) is 8.42 Å². The van der Waals surface area contributed by atoms with E-state index in [1.54, 1.807) is 6.07 Å². The fourth-order valence-electron chi connectivity index (χ4n) is 4.26. The summed E-state index contributed by atoms with van der Waals surface area (Å²) in [5.74, 6) is -0.763. The molecule has 2 amide bonds. The van der Waals surface area contributed by atoms with Crippen molar-refractivity contribution < 1.29 is 18.0 Å². The first-order chi connectivity index (χ1) is 18.0. The van der Waals surface area contributed by atoms with E-state index in [0.717, 1.165) is 37.3 Å². The number of amides is 2. The summed E-state index contributed by atoms with van der Waals surface area (Å²) in [5.41, 5.74) is 3.76. The molecule has 0 heterocycles. The maximum atomic E-state index is 14.0. The molecule has 9 heteroatoms. The van der Waals surface area contributed by atoms with Crippen molar-refractivity contribution in [2.24, 2.45) is 0 Å². The third-order valence-electron chi connectivity index (χ3n) is 6.18. The van der Waals surface area contributed by atoms with Gasteiger partial charge in [0.25, 0.3) is 0 Å². The summed E-state index contributed by atoms with van der Waals surface area (Å²) in [7, 11) is -3.80. The highest BCUT2D eigenvalue weighted by molar-refractivity contribution is 9.10. The highest BCUT2D eigenvalue weighted by atomic mass is 79.9. The van der Waals surface area contributed by atoms with Crippen LogP contribution >= 0.6 is 15.9 Å². The molecule has 0 bridgehead atoms. The molecule has 38 heavy (non-hydrogen) atoms. The van der Waals surface area contributed by atoms with E-state index in [9.17, 15) is 18.0 Å². The van der Waals surface area contributed by atoms with Crippen LogP contribution in [-0.4, -0.2) is 50.5 Å². The molecule has 3 aromatic rings. The van der Waals surface area contributed by atoms with Crippen molar-refractivity contribution in [3.8, 4) is 0 Å². The van der Waals surface area contributed by atoms with Gasteiger partial charge in [-0.3, -0.25) is 13.9 Å². The number of likely N-dealkylation sites (N-methyl/N-ethyl adjacent to an activating group) is 1. The molecule has 0 radical (unpaired) electrons. The number of sulfonamides is 1. The number of carbonyl (C=O) groups is 2. The third-order valence-corrected chi connectivity index (χ3v) is 7.80. The molecule has 1 atom stereocenters. The van der Waals surface area contributed by atoms with Crippen molar-refractivity contribution >= 4 is 43.5 Å². The van der Waals surface area contributed by atoms with Crippen LogP contribution < -0.4 is 9.62 Å². The molecule has 0 fully saturated rings. The topological polar surface area (TPSA) is 86.8 Å². The number of nitrogens with zero attached hydrogens (tertiary/aromatic N) is 2. The van der Waals surface area contributed by atoms with Crippen LogP contribution in [0.5, 0.6) is 0 Å². The van der Waals surface area contributed by atoms with Gasteiger partial charge in [0.2, 0.25) is 21.8 Å². The molecule has 3 rings (SSSR count). The first-order valence-electron chi connectivity index (χ1n) is 12.4. The van der Waals surface area contributed by atoms with E-state index < -0.39 is 28.5 Å². The molecule has 202 valence electrons. The molecular formula is C29H34BrN3O4S. The monoisotopic (exact) mass is 599 g/mol. The summed E-state index contributed by atoms with van der Waals surface area (Å²) >= 11 is 3.48. The second-order valence-corrected chi connectivity index (χ2v) is 12.1. The zero-order chi connectivity index (χ0) is 27.9. The molecule has 3 aromatic carbocycles. The van der Waals surface area contributed by atoms with Gasteiger partial charge in [-0.1, -0.05) is 70.5 Å². The summed E-state index contributed by atoms with van der Waals surface area (Å²) in [6.45, 7) is 5.61. The van der Waals surface area contributed by atoms with Gasteiger partial charge >= 0.3 is 0 Å². The van der Waals surface area contributed by atoms with Crippen molar-refractivity contribution in [1.29, 1.82) is 0 Å². The molecule has 0 spiro atoms. The largest absolute Gasteiger partial charge is 0.355 e. The molecule has 0 aromatic heterocycles. The second-order valence-electron chi connectivity index (χ2n) is 9.31. The minimum absolute atomic E-state index is 0.136. The lowest BCUT2D eigenvalue weighted by Gasteiger charge is -2.33. The molecule has 0 aliphatic heterocycles. The molecule has 1 N–H and O–H groups in total. The zero-order valence-electron chi connectivity index (χ0n) is 22.1. The molecule has 0 saturated heterocycles. The Labute approximate surface area is 234 Å². The standard InChI is InChI=1S/C29H34BrN3O4S/c1-5-31-29(35)27(18-23-10-7-6-8-11-23)32(19-24-12-9-13-25(30)17-24)28(34)20-33(38(4,36)37)26-16-21(2)14-15-22(26)3/h6-17,27H,5,18-20H2,1-4H3,(H,31,35)/t27-/m0/s1. The highest BCUT2D eigenvalue weighted by Crippen LogP contribution is 2.25. The smallest absolute Gasteiger partial charge is 0.244 e. The van der Waals surface area contributed by atoms with Crippen LogP contribution in [0.25, 0.3) is 0 Å². The predicted octanol–water partition coefficient (Wildman–Crippen LogP) is 4.61. The van der Waals surface area contributed by atoms with Gasteiger partial charge in [-0.15, -0.1) is 0 Å². The van der Waals surface area contributed by atoms with Crippen LogP contribution in [0.3, 0.4) is 0 Å². The fourth-order valence-corrected chi connectivity index (χ4v) is 5.61. The first kappa shape index (κ1) is 29.4. The first-order valence-corrected chi connectivity index (χ1v) is 15.0. The Morgan fingerprint density at radius 2 is 1.63 bits per heavy atom. The quantitative estimate of drug-likeness (QED) is 0.349. The zero-order valence-corrected chi connectivity index (χ0v) is 24.6. The van der Waals surface area contributed by atoms with Gasteiger partial charge < -0.3 is 10.2 Å². The van der Waals surface area contributed by atoms with Gasteiger partial charge in [0, 0.05) is 24.0 Å². The van der Waals surface area contributed by atoms with E-state index in [0.29, 0.717) is 12.2 Å². The van der Waals surface area contributed by atoms with Gasteiger partial charge in [-0.2, -0.15) is 0 Å². The van der Waals surface area contributed by atoms with E-state index >= 15 is 0 Å². The second kappa shape index (κ2) is 13.1. The lowest BCUT2D eigenvalue weighted by molar-refractivity contribution is -0.140. The average molecular weight is 601 g/mol. The minimum atomic E-state index is -3.80. The van der Waals surface area contributed by atoms with Crippen molar-refractivity contribution in [1.82, 2.24) is 10.2 Å². The van der Waals surface area contributed by atoms with Gasteiger partial charge in [0.1, 0.15) is 12.6 Å². The van der Waals surface area contributed by atoms with Gasteiger partial charge in [-0.05, 0) is 61.2 Å². The van der Waals surface area contributed by atoms with E-state index in [1.807, 2.05) is 87.5 Å². The minimum Gasteiger partial charge on any atom is -0.355 e. The normalized spacial score (nSPS) is 12.0. The Morgan fingerprint density at radius 1 is 0.947 bits per heavy atom. The Kier molecular flexibility index (Phi) is 10.1. The van der Waals surface area contributed by atoms with E-state index in [-0.39, 0.29) is 18.9 Å². The number of hydrogen-bond acceptors (Lipinski definition) is 4. The number of anilines is 1. The van der Waals surface area contributed by atoms with Crippen LogP contribution in [0.1, 0.15) is 29.2 Å². The summed E-state index contributed by atoms with van der Waals surface area (Å²) in [6, 6.07) is 21.6. The fraction of sp³-hybridized carbons (Fsp3) is 0.310. The third kappa shape index (κ3) is 7.91. The van der Waals surface area contributed by atoms with E-state index in [4.69, 9.17) is 0 Å². The van der Waals surface area contributed by atoms with Crippen molar-refractivity contribution in [3.63, 3.8) is 0 Å². The van der Waals surface area contributed by atoms with Crippen molar-refractivity contribution in [3.05, 3.63) is 99.5 Å². The van der Waals surface area contributed by atoms with Gasteiger partial charge in [0.05, 0.1) is 11.9 Å². The SMILES string of the molecule is CCNC(=O)[C@H](Cc1ccccc1)N(Cc1cccc(Br)c1)C(=O)CN(c1cc(C)ccc1C)S(C)(=O)=O. The van der Waals surface area contributed by atoms with Crippen LogP contribution in [0.2, 0.25) is 0 Å². The lowest BCUT2D eigenvalue weighted by Crippen LogP contribution is -2.53. The number of halogens is 1. The summed E-state index contributed by atoms with van der Waals surface area (Å²) < 4.78 is 27.8. The number of hydrogen-bond donors (Lipinski definition) is 1. The summed E-state index contributed by atoms with van der Waals surface area (Å²) in [5, 5.41) is 2.86. The van der Waals surface area contributed by atoms with Crippen LogP contribution in [0, 0.1) is 13.8 Å². The molecule has 0 saturated carbocycles. The van der Waals surface area contributed by atoms with Crippen LogP contribution in [0.4, 0.5) is 5.69 Å². The van der Waals surface area contributed by atoms with E-state index in [2.05, 4.69) is 21.2 Å². The number of aryl methyl sites for hydroxylation is 2. The Morgan fingerprint density at radius 3 is 2.26 bits per heavy atom. The molecule has 0 aliphatic carbocycles. The molecule has 0 aliphatic rings. The number of nitrogens with one attached hydrogen (secondary N) is 1. The van der Waals surface area contributed by atoms with Gasteiger partial charge in [0.15, 0.2) is 0 Å². The highest BCUT2D eigenvalue weighted by Gasteiger charge is 2.33. The van der Waals surface area contributed by atoms with Crippen molar-refractivity contribution in [2.75, 3.05) is 23.7 Å². The molecular weight excluding hydrogens is 566 g/mol. The average Bonchev–Trinajstić information content (AvgIpc) is 2.86. The van der Waals surface area contributed by atoms with Crippen molar-refractivity contribution in [2.45, 2.75) is 39.8 Å². The van der Waals surface area contributed by atoms with Crippen LogP contribution in [-0.2, 0) is 32.6 Å². The maximum Gasteiger partial charge on any atom is 0.244 e. The predicted molar refractivity (Wildman–Crippen MR) is 155 cm³/mol. The summed E-state index contributed by atoms with van der Waals surface area (Å²) in [4.78, 5) is 28.9. The number of benzene rings is 3.